The van der Waals surface area contributed by atoms with Gasteiger partial charge in [0, 0.05) is 0 Å². The van der Waals surface area contributed by atoms with Crippen LogP contribution in [0, 0.1) is 17.2 Å². The average Bonchev–Trinajstić information content (AvgIpc) is 2.72. The fraction of sp³-hybridized carbons (Fsp3) is 0.500. The third-order valence-corrected chi connectivity index (χ3v) is 3.85. The Morgan fingerprint density at radius 1 is 1.38 bits per heavy atom. The molecule has 1 aliphatic rings. The first-order valence-corrected chi connectivity index (χ1v) is 5.79. The molecule has 84 valence electrons. The van der Waals surface area contributed by atoms with E-state index < -0.39 is 0 Å². The molecule has 2 nitrogen and oxygen atoms in total. The molecule has 0 saturated heterocycles. The van der Waals surface area contributed by atoms with Crippen molar-refractivity contribution < 1.29 is 4.74 Å². The Labute approximate surface area is 96.9 Å². The first kappa shape index (κ1) is 11.0. The Bertz CT molecular complexity index is 404. The molecule has 1 aromatic rings. The minimum absolute atomic E-state index is 0.272. The fourth-order valence-corrected chi connectivity index (χ4v) is 2.73. The van der Waals surface area contributed by atoms with Crippen molar-refractivity contribution in [2.45, 2.75) is 31.6 Å². The zero-order valence-corrected chi connectivity index (χ0v) is 9.86. The molecule has 2 heteroatoms. The number of nitrogens with zero attached hydrogens (tertiary/aromatic N) is 1. The lowest BCUT2D eigenvalue weighted by Gasteiger charge is -2.26. The maximum Gasteiger partial charge on any atom is 0.118 e. The van der Waals surface area contributed by atoms with Crippen molar-refractivity contribution in [2.24, 2.45) is 5.92 Å². The van der Waals surface area contributed by atoms with Gasteiger partial charge in [-0.15, -0.1) is 0 Å². The maximum atomic E-state index is 9.49. The predicted molar refractivity (Wildman–Crippen MR) is 63.3 cm³/mol. The lowest BCUT2D eigenvalue weighted by atomic mass is 9.74. The van der Waals surface area contributed by atoms with E-state index in [1.54, 1.807) is 7.11 Å². The topological polar surface area (TPSA) is 33.0 Å². The van der Waals surface area contributed by atoms with E-state index >= 15 is 0 Å². The van der Waals surface area contributed by atoms with Crippen molar-refractivity contribution >= 4 is 0 Å². The fourth-order valence-electron chi connectivity index (χ4n) is 2.73. The highest BCUT2D eigenvalue weighted by Gasteiger charge is 2.41. The van der Waals surface area contributed by atoms with Crippen LogP contribution in [0.15, 0.2) is 24.3 Å². The highest BCUT2D eigenvalue weighted by molar-refractivity contribution is 5.38. The standard InChI is InChI=1S/C14H17NO/c1-11-4-3-9-14(11,10-15)12-5-7-13(16-2)8-6-12/h5-8,11H,3-4,9H2,1-2H3. The Hall–Kier alpha value is -1.49. The first-order valence-electron chi connectivity index (χ1n) is 5.79. The minimum atomic E-state index is -0.272. The van der Waals surface area contributed by atoms with E-state index in [9.17, 15) is 5.26 Å². The van der Waals surface area contributed by atoms with Crippen molar-refractivity contribution in [3.05, 3.63) is 29.8 Å². The van der Waals surface area contributed by atoms with Crippen LogP contribution in [-0.2, 0) is 5.41 Å². The van der Waals surface area contributed by atoms with E-state index in [0.29, 0.717) is 5.92 Å². The molecule has 0 radical (unpaired) electrons. The van der Waals surface area contributed by atoms with Crippen molar-refractivity contribution in [1.29, 1.82) is 5.26 Å². The maximum absolute atomic E-state index is 9.49. The highest BCUT2D eigenvalue weighted by atomic mass is 16.5. The number of methoxy groups -OCH3 is 1. The van der Waals surface area contributed by atoms with Crippen molar-refractivity contribution in [1.82, 2.24) is 0 Å². The largest absolute Gasteiger partial charge is 0.497 e. The van der Waals surface area contributed by atoms with Gasteiger partial charge in [-0.05, 0) is 36.5 Å². The van der Waals surface area contributed by atoms with E-state index in [4.69, 9.17) is 4.74 Å². The molecule has 16 heavy (non-hydrogen) atoms. The molecule has 2 rings (SSSR count). The lowest BCUT2D eigenvalue weighted by Crippen LogP contribution is -2.26. The van der Waals surface area contributed by atoms with Gasteiger partial charge in [0.1, 0.15) is 5.75 Å². The Kier molecular flexibility index (Phi) is 2.87. The molecule has 0 spiro atoms. The summed E-state index contributed by atoms with van der Waals surface area (Å²) >= 11 is 0. The highest BCUT2D eigenvalue weighted by Crippen LogP contribution is 2.45. The molecule has 0 bridgehead atoms. The molecule has 1 saturated carbocycles. The SMILES string of the molecule is COc1ccc(C2(C#N)CCCC2C)cc1. The van der Waals surface area contributed by atoms with Crippen LogP contribution in [0.25, 0.3) is 0 Å². The normalized spacial score (nSPS) is 28.7. The van der Waals surface area contributed by atoms with Crippen LogP contribution in [0.1, 0.15) is 31.7 Å². The van der Waals surface area contributed by atoms with Gasteiger partial charge in [-0.1, -0.05) is 25.5 Å². The smallest absolute Gasteiger partial charge is 0.118 e. The van der Waals surface area contributed by atoms with Crippen molar-refractivity contribution in [3.63, 3.8) is 0 Å². The van der Waals surface area contributed by atoms with Gasteiger partial charge in [-0.3, -0.25) is 0 Å². The van der Waals surface area contributed by atoms with Gasteiger partial charge in [-0.2, -0.15) is 5.26 Å². The molecule has 0 aromatic heterocycles. The summed E-state index contributed by atoms with van der Waals surface area (Å²) in [5.74, 6) is 1.30. The average molecular weight is 215 g/mol. The quantitative estimate of drug-likeness (QED) is 0.758. The number of benzene rings is 1. The zero-order valence-electron chi connectivity index (χ0n) is 9.86. The van der Waals surface area contributed by atoms with E-state index in [1.807, 2.05) is 24.3 Å². The number of hydrogen-bond donors (Lipinski definition) is 0. The van der Waals surface area contributed by atoms with Crippen LogP contribution in [0.3, 0.4) is 0 Å². The van der Waals surface area contributed by atoms with Crippen LogP contribution in [0.2, 0.25) is 0 Å². The Morgan fingerprint density at radius 2 is 2.06 bits per heavy atom. The molecule has 1 fully saturated rings. The van der Waals surface area contributed by atoms with Crippen LogP contribution in [-0.4, -0.2) is 7.11 Å². The lowest BCUT2D eigenvalue weighted by molar-refractivity contribution is 0.410. The van der Waals surface area contributed by atoms with Gasteiger partial charge in [-0.25, -0.2) is 0 Å². The third-order valence-electron chi connectivity index (χ3n) is 3.85. The van der Waals surface area contributed by atoms with Gasteiger partial charge < -0.3 is 4.74 Å². The van der Waals surface area contributed by atoms with Gasteiger partial charge in [0.15, 0.2) is 0 Å². The summed E-state index contributed by atoms with van der Waals surface area (Å²) in [6.07, 6.45) is 3.29. The second-order valence-corrected chi connectivity index (χ2v) is 4.60. The van der Waals surface area contributed by atoms with E-state index in [2.05, 4.69) is 13.0 Å². The molecule has 1 aromatic carbocycles. The number of hydrogen-bond acceptors (Lipinski definition) is 2. The zero-order chi connectivity index (χ0) is 11.6. The van der Waals surface area contributed by atoms with Crippen LogP contribution < -0.4 is 4.74 Å². The van der Waals surface area contributed by atoms with Crippen molar-refractivity contribution in [2.75, 3.05) is 7.11 Å². The summed E-state index contributed by atoms with van der Waals surface area (Å²) < 4.78 is 5.14. The Balaban J connectivity index is 2.38. The van der Waals surface area contributed by atoms with Gasteiger partial charge in [0.05, 0.1) is 18.6 Å². The first-order chi connectivity index (χ1) is 7.73. The summed E-state index contributed by atoms with van der Waals surface area (Å²) in [6.45, 7) is 2.18. The number of ether oxygens (including phenoxy) is 1. The minimum Gasteiger partial charge on any atom is -0.497 e. The summed E-state index contributed by atoms with van der Waals surface area (Å²) in [5, 5.41) is 9.49. The summed E-state index contributed by atoms with van der Waals surface area (Å²) in [6, 6.07) is 10.5. The van der Waals surface area contributed by atoms with Gasteiger partial charge >= 0.3 is 0 Å². The van der Waals surface area contributed by atoms with Gasteiger partial charge in [0.25, 0.3) is 0 Å². The molecule has 0 heterocycles. The second kappa shape index (κ2) is 4.17. The van der Waals surface area contributed by atoms with E-state index in [1.165, 1.54) is 0 Å². The molecule has 2 atom stereocenters. The van der Waals surface area contributed by atoms with Crippen molar-refractivity contribution in [3.8, 4) is 11.8 Å². The van der Waals surface area contributed by atoms with E-state index in [-0.39, 0.29) is 5.41 Å². The molecular formula is C14H17NO. The summed E-state index contributed by atoms with van der Waals surface area (Å²) in [7, 11) is 1.66. The summed E-state index contributed by atoms with van der Waals surface area (Å²) in [4.78, 5) is 0. The van der Waals surface area contributed by atoms with Crippen LogP contribution in [0.5, 0.6) is 5.75 Å². The number of rotatable bonds is 2. The number of nitriles is 1. The monoisotopic (exact) mass is 215 g/mol. The predicted octanol–water partition coefficient (Wildman–Crippen LogP) is 3.28. The second-order valence-electron chi connectivity index (χ2n) is 4.60. The van der Waals surface area contributed by atoms with Crippen LogP contribution in [0.4, 0.5) is 0 Å². The molecule has 0 N–H and O–H groups in total. The Morgan fingerprint density at radius 3 is 2.50 bits per heavy atom. The van der Waals surface area contributed by atoms with Gasteiger partial charge in [0.2, 0.25) is 0 Å². The molecule has 1 aliphatic carbocycles. The molecular weight excluding hydrogens is 198 g/mol. The molecule has 2 unspecified atom stereocenters. The summed E-state index contributed by atoms with van der Waals surface area (Å²) in [5.41, 5.74) is 0.868. The third kappa shape index (κ3) is 1.57. The molecule has 0 amide bonds. The molecule has 0 aliphatic heterocycles. The van der Waals surface area contributed by atoms with Crippen LogP contribution >= 0.6 is 0 Å². The van der Waals surface area contributed by atoms with E-state index in [0.717, 1.165) is 30.6 Å².